The van der Waals surface area contributed by atoms with Gasteiger partial charge in [-0.2, -0.15) is 0 Å². The Balaban J connectivity index is 2.17. The second kappa shape index (κ2) is 5.39. The zero-order valence-electron chi connectivity index (χ0n) is 11.6. The number of nitrogens with zero attached hydrogens (tertiary/aromatic N) is 2. The maximum absolute atomic E-state index is 12.5. The number of likely N-dealkylation sites (N-methyl/N-ethyl adjacent to an activating group) is 1. The number of anilines is 1. The molecule has 1 heterocycles. The average molecular weight is 282 g/mol. The number of likely N-dealkylation sites (tertiary alicyclic amines) is 1. The maximum Gasteiger partial charge on any atom is 0.256 e. The lowest BCUT2D eigenvalue weighted by Crippen LogP contribution is -2.36. The van der Waals surface area contributed by atoms with Crippen LogP contribution in [-0.2, 0) is 0 Å². The Hall–Kier alpha value is -1.26. The fraction of sp³-hybridized carbons (Fsp3) is 0.500. The van der Waals surface area contributed by atoms with E-state index >= 15 is 0 Å². The highest BCUT2D eigenvalue weighted by molar-refractivity contribution is 6.31. The van der Waals surface area contributed by atoms with E-state index in [4.69, 9.17) is 17.3 Å². The highest BCUT2D eigenvalue weighted by Crippen LogP contribution is 2.25. The molecule has 0 saturated carbocycles. The van der Waals surface area contributed by atoms with Crippen LogP contribution < -0.4 is 5.73 Å². The predicted octanol–water partition coefficient (Wildman–Crippen LogP) is 1.94. The van der Waals surface area contributed by atoms with Gasteiger partial charge < -0.3 is 15.5 Å². The number of hydrogen-bond donors (Lipinski definition) is 1. The molecule has 1 fully saturated rings. The summed E-state index contributed by atoms with van der Waals surface area (Å²) >= 11 is 5.86. The Morgan fingerprint density at radius 3 is 2.63 bits per heavy atom. The van der Waals surface area contributed by atoms with Gasteiger partial charge in [0.15, 0.2) is 0 Å². The summed E-state index contributed by atoms with van der Waals surface area (Å²) in [4.78, 5) is 16.5. The van der Waals surface area contributed by atoms with Gasteiger partial charge in [-0.25, -0.2) is 0 Å². The van der Waals surface area contributed by atoms with Crippen LogP contribution in [0.4, 0.5) is 5.69 Å². The van der Waals surface area contributed by atoms with Crippen molar-refractivity contribution < 1.29 is 4.79 Å². The zero-order chi connectivity index (χ0) is 14.2. The van der Waals surface area contributed by atoms with Crippen LogP contribution in [0.1, 0.15) is 17.3 Å². The van der Waals surface area contributed by atoms with Crippen molar-refractivity contribution in [3.63, 3.8) is 0 Å². The van der Waals surface area contributed by atoms with Gasteiger partial charge in [-0.05, 0) is 38.2 Å². The minimum atomic E-state index is -0.00892. The summed E-state index contributed by atoms with van der Waals surface area (Å²) in [5.41, 5.74) is 6.86. The molecule has 0 radical (unpaired) electrons. The summed E-state index contributed by atoms with van der Waals surface area (Å²) in [6.07, 6.45) is 0. The third-order valence-corrected chi connectivity index (χ3v) is 4.00. The van der Waals surface area contributed by atoms with Gasteiger partial charge in [0.1, 0.15) is 0 Å². The fourth-order valence-corrected chi connectivity index (χ4v) is 2.87. The molecule has 19 heavy (non-hydrogen) atoms. The lowest BCUT2D eigenvalue weighted by Gasteiger charge is -2.22. The van der Waals surface area contributed by atoms with E-state index in [2.05, 4.69) is 11.8 Å². The number of benzene rings is 1. The minimum absolute atomic E-state index is 0.00892. The molecule has 5 heteroatoms. The van der Waals surface area contributed by atoms with Gasteiger partial charge in [0.05, 0.1) is 5.56 Å². The molecule has 1 aliphatic heterocycles. The van der Waals surface area contributed by atoms with E-state index < -0.39 is 0 Å². The summed E-state index contributed by atoms with van der Waals surface area (Å²) in [7, 11) is 4.09. The molecule has 1 aliphatic rings. The molecule has 1 saturated heterocycles. The monoisotopic (exact) mass is 281 g/mol. The molecule has 2 unspecified atom stereocenters. The molecule has 1 aromatic carbocycles. The maximum atomic E-state index is 12.5. The molecule has 2 rings (SSSR count). The summed E-state index contributed by atoms with van der Waals surface area (Å²) in [6, 6.07) is 5.43. The molecule has 1 amide bonds. The van der Waals surface area contributed by atoms with Gasteiger partial charge in [-0.1, -0.05) is 18.5 Å². The van der Waals surface area contributed by atoms with Crippen molar-refractivity contribution in [3.8, 4) is 0 Å². The average Bonchev–Trinajstić information content (AvgIpc) is 2.70. The number of nitrogens with two attached hydrogens (primary N) is 1. The van der Waals surface area contributed by atoms with E-state index in [1.165, 1.54) is 0 Å². The molecule has 0 spiro atoms. The van der Waals surface area contributed by atoms with Gasteiger partial charge >= 0.3 is 0 Å². The third kappa shape index (κ3) is 2.85. The summed E-state index contributed by atoms with van der Waals surface area (Å²) < 4.78 is 0. The predicted molar refractivity (Wildman–Crippen MR) is 78.4 cm³/mol. The topological polar surface area (TPSA) is 49.6 Å². The number of rotatable bonds is 2. The molecular weight excluding hydrogens is 262 g/mol. The quantitative estimate of drug-likeness (QED) is 0.843. The van der Waals surface area contributed by atoms with E-state index in [0.717, 1.165) is 13.1 Å². The van der Waals surface area contributed by atoms with Gasteiger partial charge in [-0.3, -0.25) is 4.79 Å². The third-order valence-electron chi connectivity index (χ3n) is 3.77. The first kappa shape index (κ1) is 14.2. The van der Waals surface area contributed by atoms with E-state index in [9.17, 15) is 4.79 Å². The van der Waals surface area contributed by atoms with Crippen LogP contribution in [0.15, 0.2) is 18.2 Å². The number of hydrogen-bond acceptors (Lipinski definition) is 3. The number of amides is 1. The Bertz CT molecular complexity index is 490. The van der Waals surface area contributed by atoms with Crippen molar-refractivity contribution in [3.05, 3.63) is 28.8 Å². The second-order valence-corrected chi connectivity index (χ2v) is 5.89. The first-order valence-electron chi connectivity index (χ1n) is 6.41. The number of carbonyl (C=O) groups excluding carboxylic acids is 1. The molecule has 0 aromatic heterocycles. The summed E-state index contributed by atoms with van der Waals surface area (Å²) in [5, 5.41) is 0.551. The highest BCUT2D eigenvalue weighted by atomic mass is 35.5. The molecule has 2 atom stereocenters. The van der Waals surface area contributed by atoms with Crippen LogP contribution in [0.25, 0.3) is 0 Å². The van der Waals surface area contributed by atoms with Crippen molar-refractivity contribution >= 4 is 23.2 Å². The van der Waals surface area contributed by atoms with Crippen LogP contribution >= 0.6 is 11.6 Å². The lowest BCUT2D eigenvalue weighted by atomic mass is 10.1. The van der Waals surface area contributed by atoms with Gasteiger partial charge in [0.2, 0.25) is 0 Å². The lowest BCUT2D eigenvalue weighted by molar-refractivity contribution is 0.0782. The number of nitrogen functional groups attached to an aromatic ring is 1. The largest absolute Gasteiger partial charge is 0.398 e. The molecule has 0 aliphatic carbocycles. The van der Waals surface area contributed by atoms with E-state index in [-0.39, 0.29) is 5.91 Å². The molecule has 4 nitrogen and oxygen atoms in total. The Morgan fingerprint density at radius 2 is 2.11 bits per heavy atom. The minimum Gasteiger partial charge on any atom is -0.398 e. The number of halogens is 1. The normalized spacial score (nSPS) is 23.1. The first-order valence-corrected chi connectivity index (χ1v) is 6.78. The Kier molecular flexibility index (Phi) is 4.02. The van der Waals surface area contributed by atoms with Crippen molar-refractivity contribution in [2.75, 3.05) is 32.9 Å². The fourth-order valence-electron chi connectivity index (χ4n) is 2.69. The molecule has 1 aromatic rings. The highest BCUT2D eigenvalue weighted by Gasteiger charge is 2.34. The summed E-state index contributed by atoms with van der Waals surface area (Å²) in [6.45, 7) is 3.68. The second-order valence-electron chi connectivity index (χ2n) is 5.45. The van der Waals surface area contributed by atoms with E-state index in [0.29, 0.717) is 28.2 Å². The van der Waals surface area contributed by atoms with E-state index in [1.54, 1.807) is 18.2 Å². The van der Waals surface area contributed by atoms with Gasteiger partial charge in [0, 0.05) is 29.8 Å². The van der Waals surface area contributed by atoms with E-state index in [1.807, 2.05) is 19.0 Å². The van der Waals surface area contributed by atoms with Crippen LogP contribution in [0.5, 0.6) is 0 Å². The Morgan fingerprint density at radius 1 is 1.42 bits per heavy atom. The summed E-state index contributed by atoms with van der Waals surface area (Å²) in [5.74, 6) is 0.456. The first-order chi connectivity index (χ1) is 8.90. The van der Waals surface area contributed by atoms with Gasteiger partial charge in [-0.15, -0.1) is 0 Å². The van der Waals surface area contributed by atoms with Crippen LogP contribution in [0.3, 0.4) is 0 Å². The zero-order valence-corrected chi connectivity index (χ0v) is 12.3. The van der Waals surface area contributed by atoms with Crippen LogP contribution in [0.2, 0.25) is 5.02 Å². The van der Waals surface area contributed by atoms with Crippen molar-refractivity contribution in [2.24, 2.45) is 5.92 Å². The van der Waals surface area contributed by atoms with Crippen LogP contribution in [-0.4, -0.2) is 48.9 Å². The SMILES string of the molecule is CC1CN(C(=O)c2ccc(Cl)cc2N)CC1N(C)C. The van der Waals surface area contributed by atoms with Crippen molar-refractivity contribution in [1.82, 2.24) is 9.80 Å². The molecule has 2 N–H and O–H groups in total. The standard InChI is InChI=1S/C14H20ClN3O/c1-9-7-18(8-13(9)17(2)3)14(19)11-5-4-10(15)6-12(11)16/h4-6,9,13H,7-8,16H2,1-3H3. The van der Waals surface area contributed by atoms with Crippen molar-refractivity contribution in [1.29, 1.82) is 0 Å². The van der Waals surface area contributed by atoms with Crippen molar-refractivity contribution in [2.45, 2.75) is 13.0 Å². The number of carbonyl (C=O) groups is 1. The Labute approximate surface area is 119 Å². The molecule has 104 valence electrons. The molecular formula is C14H20ClN3O. The molecule has 0 bridgehead atoms. The smallest absolute Gasteiger partial charge is 0.256 e. The van der Waals surface area contributed by atoms with Gasteiger partial charge in [0.25, 0.3) is 5.91 Å². The van der Waals surface area contributed by atoms with Crippen LogP contribution in [0, 0.1) is 5.92 Å².